The molecule has 1 nitrogen and oxygen atoms in total. The number of hydrogen-bond acceptors (Lipinski definition) is 1. The molecule has 0 saturated heterocycles. The van der Waals surface area contributed by atoms with Crippen molar-refractivity contribution in [2.24, 2.45) is 0 Å². The third-order valence-corrected chi connectivity index (χ3v) is 3.15. The molecule has 0 heterocycles. The summed E-state index contributed by atoms with van der Waals surface area (Å²) in [5, 5.41) is 9.73. The normalized spacial score (nSPS) is 11.9. The van der Waals surface area contributed by atoms with Crippen molar-refractivity contribution in [3.63, 3.8) is 0 Å². The lowest BCUT2D eigenvalue weighted by molar-refractivity contribution is 0.343. The summed E-state index contributed by atoms with van der Waals surface area (Å²) in [5.74, 6) is 3.17. The van der Waals surface area contributed by atoms with Crippen molar-refractivity contribution in [1.29, 1.82) is 0 Å². The van der Waals surface area contributed by atoms with Crippen LogP contribution in [0.1, 0.15) is 5.56 Å². The van der Waals surface area contributed by atoms with Gasteiger partial charge in [0.25, 0.3) is 0 Å². The van der Waals surface area contributed by atoms with Crippen LogP contribution >= 0.6 is 11.6 Å². The first-order valence-electron chi connectivity index (χ1n) is 5.52. The van der Waals surface area contributed by atoms with Gasteiger partial charge >= 0.3 is 0 Å². The minimum atomic E-state index is -1.40. The second-order valence-electron chi connectivity index (χ2n) is 4.81. The van der Waals surface area contributed by atoms with E-state index in [9.17, 15) is 0 Å². The Bertz CT molecular complexity index is 458. The van der Waals surface area contributed by atoms with E-state index in [4.69, 9.17) is 16.7 Å². The lowest BCUT2D eigenvalue weighted by atomic mass is 10.1. The summed E-state index contributed by atoms with van der Waals surface area (Å²) in [6, 6.07) is 7.50. The monoisotopic (exact) mass is 264 g/mol. The molecule has 0 bridgehead atoms. The fourth-order valence-corrected chi connectivity index (χ4v) is 1.85. The fraction of sp³-hybridized carbons (Fsp3) is 0.286. The van der Waals surface area contributed by atoms with Gasteiger partial charge in [0, 0.05) is 10.6 Å². The maximum absolute atomic E-state index is 9.02. The van der Waals surface area contributed by atoms with Gasteiger partial charge in [0.05, 0.1) is 6.61 Å². The van der Waals surface area contributed by atoms with Crippen molar-refractivity contribution in [3.8, 4) is 11.5 Å². The van der Waals surface area contributed by atoms with Crippen LogP contribution in [-0.2, 0) is 0 Å². The van der Waals surface area contributed by atoms with Crippen molar-refractivity contribution < 1.29 is 5.11 Å². The number of hydrogen-bond donors (Lipinski definition) is 1. The van der Waals surface area contributed by atoms with Crippen LogP contribution in [0.2, 0.25) is 24.7 Å². The maximum Gasteiger partial charge on any atom is 0.129 e. The SMILES string of the molecule is C[Si](C)(C)C#CC(=CCO)c1ccc(Cl)cc1. The quantitative estimate of drug-likeness (QED) is 0.639. The standard InChI is InChI=1S/C14H17ClOSi/c1-17(2,3)11-9-13(8-10-16)12-4-6-14(15)7-5-12/h4-8,16H,10H2,1-3H3. The predicted molar refractivity (Wildman–Crippen MR) is 77.6 cm³/mol. The van der Waals surface area contributed by atoms with Gasteiger partial charge in [0.1, 0.15) is 8.07 Å². The van der Waals surface area contributed by atoms with E-state index < -0.39 is 8.07 Å². The lowest BCUT2D eigenvalue weighted by Gasteiger charge is -2.05. The van der Waals surface area contributed by atoms with Crippen LogP contribution in [0.15, 0.2) is 30.3 Å². The van der Waals surface area contributed by atoms with Crippen molar-refractivity contribution in [2.75, 3.05) is 6.61 Å². The van der Waals surface area contributed by atoms with Gasteiger partial charge in [-0.15, -0.1) is 5.54 Å². The van der Waals surface area contributed by atoms with Crippen LogP contribution in [-0.4, -0.2) is 19.8 Å². The van der Waals surface area contributed by atoms with E-state index in [2.05, 4.69) is 31.1 Å². The highest BCUT2D eigenvalue weighted by Gasteiger charge is 2.08. The molecular formula is C14H17ClOSi. The minimum absolute atomic E-state index is 0.00165. The van der Waals surface area contributed by atoms with Gasteiger partial charge in [-0.05, 0) is 23.8 Å². The molecule has 0 atom stereocenters. The summed E-state index contributed by atoms with van der Waals surface area (Å²) < 4.78 is 0. The summed E-state index contributed by atoms with van der Waals surface area (Å²) in [4.78, 5) is 0. The molecule has 0 aliphatic rings. The Hall–Kier alpha value is -1.01. The molecule has 0 aromatic heterocycles. The predicted octanol–water partition coefficient (Wildman–Crippen LogP) is 3.60. The molecule has 1 rings (SSSR count). The molecular weight excluding hydrogens is 248 g/mol. The summed E-state index contributed by atoms with van der Waals surface area (Å²) in [6.45, 7) is 6.58. The van der Waals surface area contributed by atoms with Crippen molar-refractivity contribution in [3.05, 3.63) is 40.9 Å². The number of aliphatic hydroxyl groups excluding tert-OH is 1. The summed E-state index contributed by atoms with van der Waals surface area (Å²) >= 11 is 5.85. The Balaban J connectivity index is 3.06. The van der Waals surface area contributed by atoms with Crippen molar-refractivity contribution in [1.82, 2.24) is 0 Å². The Labute approximate surface area is 109 Å². The molecule has 0 spiro atoms. The van der Waals surface area contributed by atoms with Crippen LogP contribution in [0, 0.1) is 11.5 Å². The molecule has 0 amide bonds. The lowest BCUT2D eigenvalue weighted by Crippen LogP contribution is -2.16. The highest BCUT2D eigenvalue weighted by Crippen LogP contribution is 2.17. The molecule has 1 N–H and O–H groups in total. The first-order valence-corrected chi connectivity index (χ1v) is 9.40. The number of aliphatic hydroxyl groups is 1. The smallest absolute Gasteiger partial charge is 0.129 e. The Morgan fingerprint density at radius 3 is 2.35 bits per heavy atom. The summed E-state index contributed by atoms with van der Waals surface area (Å²) in [7, 11) is -1.40. The third kappa shape index (κ3) is 5.23. The van der Waals surface area contributed by atoms with Gasteiger partial charge in [-0.2, -0.15) is 0 Å². The van der Waals surface area contributed by atoms with Crippen LogP contribution in [0.3, 0.4) is 0 Å². The number of rotatable bonds is 2. The minimum Gasteiger partial charge on any atom is -0.392 e. The molecule has 3 heteroatoms. The zero-order valence-electron chi connectivity index (χ0n) is 10.4. The number of halogens is 1. The van der Waals surface area contributed by atoms with Gasteiger partial charge in [-0.25, -0.2) is 0 Å². The molecule has 17 heavy (non-hydrogen) atoms. The van der Waals surface area contributed by atoms with E-state index in [1.165, 1.54) is 0 Å². The second kappa shape index (κ2) is 6.06. The van der Waals surface area contributed by atoms with E-state index in [1.54, 1.807) is 6.08 Å². The van der Waals surface area contributed by atoms with Gasteiger partial charge in [0.2, 0.25) is 0 Å². The molecule has 0 fully saturated rings. The van der Waals surface area contributed by atoms with E-state index in [1.807, 2.05) is 24.3 Å². The molecule has 0 aliphatic heterocycles. The molecule has 1 aromatic rings. The van der Waals surface area contributed by atoms with E-state index in [0.717, 1.165) is 11.1 Å². The molecule has 0 saturated carbocycles. The maximum atomic E-state index is 9.02. The first-order chi connectivity index (χ1) is 7.92. The van der Waals surface area contributed by atoms with E-state index >= 15 is 0 Å². The average molecular weight is 265 g/mol. The van der Waals surface area contributed by atoms with Crippen molar-refractivity contribution >= 4 is 25.2 Å². The van der Waals surface area contributed by atoms with Gasteiger partial charge in [-0.3, -0.25) is 0 Å². The topological polar surface area (TPSA) is 20.2 Å². The molecule has 0 radical (unpaired) electrons. The third-order valence-electron chi connectivity index (χ3n) is 2.02. The zero-order valence-corrected chi connectivity index (χ0v) is 12.2. The fourth-order valence-electron chi connectivity index (χ4n) is 1.22. The van der Waals surface area contributed by atoms with Crippen LogP contribution in [0.5, 0.6) is 0 Å². The van der Waals surface area contributed by atoms with Crippen molar-refractivity contribution in [2.45, 2.75) is 19.6 Å². The highest BCUT2D eigenvalue weighted by molar-refractivity contribution is 6.84. The number of benzene rings is 1. The van der Waals surface area contributed by atoms with E-state index in [-0.39, 0.29) is 6.61 Å². The molecule has 0 aliphatic carbocycles. The Kier molecular flexibility index (Phi) is 5.01. The van der Waals surface area contributed by atoms with Gasteiger partial charge < -0.3 is 5.11 Å². The summed E-state index contributed by atoms with van der Waals surface area (Å²) in [5.41, 5.74) is 5.16. The summed E-state index contributed by atoms with van der Waals surface area (Å²) in [6.07, 6.45) is 1.73. The first kappa shape index (κ1) is 14.0. The molecule has 0 unspecified atom stereocenters. The molecule has 90 valence electrons. The van der Waals surface area contributed by atoms with Crippen LogP contribution < -0.4 is 0 Å². The number of allylic oxidation sites excluding steroid dienone is 1. The van der Waals surface area contributed by atoms with Crippen LogP contribution in [0.4, 0.5) is 0 Å². The molecule has 1 aromatic carbocycles. The van der Waals surface area contributed by atoms with Gasteiger partial charge in [-0.1, -0.05) is 49.3 Å². The average Bonchev–Trinajstić information content (AvgIpc) is 2.24. The zero-order chi connectivity index (χ0) is 12.9. The Morgan fingerprint density at radius 1 is 1.29 bits per heavy atom. The largest absolute Gasteiger partial charge is 0.392 e. The van der Waals surface area contributed by atoms with E-state index in [0.29, 0.717) is 5.02 Å². The Morgan fingerprint density at radius 2 is 1.88 bits per heavy atom. The van der Waals surface area contributed by atoms with Gasteiger partial charge in [0.15, 0.2) is 0 Å². The highest BCUT2D eigenvalue weighted by atomic mass is 35.5. The van der Waals surface area contributed by atoms with Crippen LogP contribution in [0.25, 0.3) is 5.57 Å². The second-order valence-corrected chi connectivity index (χ2v) is 9.99.